The first-order valence-electron chi connectivity index (χ1n) is 12.9. The van der Waals surface area contributed by atoms with Crippen LogP contribution in [-0.4, -0.2) is 66.0 Å². The van der Waals surface area contributed by atoms with Crippen LogP contribution in [-0.2, 0) is 22.6 Å². The van der Waals surface area contributed by atoms with Crippen molar-refractivity contribution in [2.24, 2.45) is 0 Å². The Morgan fingerprint density at radius 3 is 2.75 bits per heavy atom. The minimum absolute atomic E-state index is 0.0751. The monoisotopic (exact) mass is 491 g/mol. The van der Waals surface area contributed by atoms with Gasteiger partial charge >= 0.3 is 5.97 Å². The van der Waals surface area contributed by atoms with Crippen molar-refractivity contribution in [3.05, 3.63) is 53.3 Å². The van der Waals surface area contributed by atoms with Gasteiger partial charge in [-0.15, -0.1) is 0 Å². The average Bonchev–Trinajstić information content (AvgIpc) is 3.21. The molecule has 0 radical (unpaired) electrons. The Morgan fingerprint density at radius 1 is 1.17 bits per heavy atom. The highest BCUT2D eigenvalue weighted by molar-refractivity contribution is 5.93. The number of likely N-dealkylation sites (tertiary alicyclic amines) is 1. The fraction of sp³-hybridized carbons (Fsp3) is 0.500. The van der Waals surface area contributed by atoms with E-state index in [9.17, 15) is 4.79 Å². The van der Waals surface area contributed by atoms with Crippen molar-refractivity contribution in [1.29, 1.82) is 0 Å². The van der Waals surface area contributed by atoms with E-state index in [1.54, 1.807) is 6.07 Å². The first-order valence-corrected chi connectivity index (χ1v) is 12.9. The van der Waals surface area contributed by atoms with Crippen molar-refractivity contribution >= 4 is 17.0 Å². The molecule has 0 bridgehead atoms. The highest BCUT2D eigenvalue weighted by Gasteiger charge is 2.29. The van der Waals surface area contributed by atoms with E-state index in [0.717, 1.165) is 80.4 Å². The predicted octanol–water partition coefficient (Wildman–Crippen LogP) is 4.15. The van der Waals surface area contributed by atoms with E-state index in [1.807, 2.05) is 18.2 Å². The second-order valence-corrected chi connectivity index (χ2v) is 10.1. The number of fused-ring (bicyclic) bond motifs is 2. The molecule has 2 aromatic carbocycles. The second kappa shape index (κ2) is 9.75. The molecule has 1 aromatic heterocycles. The van der Waals surface area contributed by atoms with E-state index in [4.69, 9.17) is 23.9 Å². The Kier molecular flexibility index (Phi) is 6.31. The van der Waals surface area contributed by atoms with Crippen LogP contribution in [0, 0.1) is 0 Å². The summed E-state index contributed by atoms with van der Waals surface area (Å²) in [6.07, 6.45) is 3.44. The predicted molar refractivity (Wildman–Crippen MR) is 135 cm³/mol. The smallest absolute Gasteiger partial charge is 0.337 e. The number of ether oxygens (including phenoxy) is 4. The molecular formula is C28H33N3O5. The first-order chi connectivity index (χ1) is 17.6. The van der Waals surface area contributed by atoms with Crippen LogP contribution in [0.25, 0.3) is 11.0 Å². The van der Waals surface area contributed by atoms with Gasteiger partial charge in [0.1, 0.15) is 18.5 Å². The molecule has 6 rings (SSSR count). The van der Waals surface area contributed by atoms with Crippen LogP contribution in [0.5, 0.6) is 11.5 Å². The molecule has 190 valence electrons. The van der Waals surface area contributed by atoms with Crippen molar-refractivity contribution in [3.63, 3.8) is 0 Å². The molecule has 3 aliphatic heterocycles. The van der Waals surface area contributed by atoms with Gasteiger partial charge < -0.3 is 23.5 Å². The number of imidazole rings is 1. The second-order valence-electron chi connectivity index (χ2n) is 10.1. The summed E-state index contributed by atoms with van der Waals surface area (Å²) in [7, 11) is 1.41. The van der Waals surface area contributed by atoms with E-state index in [-0.39, 0.29) is 18.2 Å². The minimum Gasteiger partial charge on any atom is -0.486 e. The summed E-state index contributed by atoms with van der Waals surface area (Å²) in [5.74, 6) is 2.93. The van der Waals surface area contributed by atoms with Crippen LogP contribution >= 0.6 is 0 Å². The summed E-state index contributed by atoms with van der Waals surface area (Å²) in [5, 5.41) is 0. The molecule has 0 N–H and O–H groups in total. The summed E-state index contributed by atoms with van der Waals surface area (Å²) < 4.78 is 25.0. The quantitative estimate of drug-likeness (QED) is 0.480. The van der Waals surface area contributed by atoms with Gasteiger partial charge in [0.15, 0.2) is 11.5 Å². The molecule has 0 spiro atoms. The molecule has 3 aliphatic rings. The molecule has 8 nitrogen and oxygen atoms in total. The zero-order chi connectivity index (χ0) is 24.6. The van der Waals surface area contributed by atoms with E-state index < -0.39 is 0 Å². The molecule has 2 fully saturated rings. The number of carbonyl (C=O) groups excluding carboxylic acids is 1. The number of benzene rings is 2. The van der Waals surface area contributed by atoms with Crippen LogP contribution in [0.15, 0.2) is 36.4 Å². The Labute approximate surface area is 211 Å². The lowest BCUT2D eigenvalue weighted by molar-refractivity contribution is -0.0592. The van der Waals surface area contributed by atoms with Crippen LogP contribution < -0.4 is 9.47 Å². The number of hydrogen-bond donors (Lipinski definition) is 0. The third-order valence-corrected chi connectivity index (χ3v) is 7.62. The highest BCUT2D eigenvalue weighted by atomic mass is 16.6. The van der Waals surface area contributed by atoms with E-state index in [2.05, 4.69) is 28.5 Å². The molecular weight excluding hydrogens is 458 g/mol. The zero-order valence-corrected chi connectivity index (χ0v) is 20.9. The van der Waals surface area contributed by atoms with Crippen LogP contribution in [0.1, 0.15) is 53.8 Å². The third kappa shape index (κ3) is 4.44. The number of hydrogen-bond acceptors (Lipinski definition) is 7. The molecule has 0 aliphatic carbocycles. The lowest BCUT2D eigenvalue weighted by atomic mass is 9.88. The Hall–Kier alpha value is -3.10. The molecule has 0 amide bonds. The van der Waals surface area contributed by atoms with Gasteiger partial charge in [-0.2, -0.15) is 0 Å². The van der Waals surface area contributed by atoms with Gasteiger partial charge in [0.05, 0.1) is 42.9 Å². The molecule has 2 atom stereocenters. The van der Waals surface area contributed by atoms with Crippen molar-refractivity contribution in [2.45, 2.75) is 57.4 Å². The number of para-hydroxylation sites is 1. The van der Waals surface area contributed by atoms with Gasteiger partial charge in [-0.1, -0.05) is 12.1 Å². The largest absolute Gasteiger partial charge is 0.486 e. The fourth-order valence-electron chi connectivity index (χ4n) is 5.51. The maximum absolute atomic E-state index is 12.1. The summed E-state index contributed by atoms with van der Waals surface area (Å²) in [6, 6.07) is 11.9. The third-order valence-electron chi connectivity index (χ3n) is 7.62. The lowest BCUT2D eigenvalue weighted by Crippen LogP contribution is -2.35. The normalized spacial score (nSPS) is 22.4. The fourth-order valence-corrected chi connectivity index (χ4v) is 5.51. The number of carbonyl (C=O) groups is 1. The molecule has 2 saturated heterocycles. The van der Waals surface area contributed by atoms with Crippen molar-refractivity contribution in [2.75, 3.05) is 33.4 Å². The van der Waals surface area contributed by atoms with Gasteiger partial charge in [-0.25, -0.2) is 9.78 Å². The van der Waals surface area contributed by atoms with E-state index >= 15 is 0 Å². The van der Waals surface area contributed by atoms with Crippen LogP contribution in [0.2, 0.25) is 0 Å². The summed E-state index contributed by atoms with van der Waals surface area (Å²) in [5.41, 5.74) is 3.66. The number of esters is 1. The van der Waals surface area contributed by atoms with Crippen molar-refractivity contribution in [1.82, 2.24) is 14.5 Å². The maximum atomic E-state index is 12.1. The maximum Gasteiger partial charge on any atom is 0.337 e. The van der Waals surface area contributed by atoms with Crippen LogP contribution in [0.3, 0.4) is 0 Å². The summed E-state index contributed by atoms with van der Waals surface area (Å²) >= 11 is 0. The van der Waals surface area contributed by atoms with Gasteiger partial charge in [0.25, 0.3) is 0 Å². The Morgan fingerprint density at radius 2 is 2.00 bits per heavy atom. The Bertz CT molecular complexity index is 1260. The van der Waals surface area contributed by atoms with E-state index in [0.29, 0.717) is 18.1 Å². The SMILES string of the molecule is COC(=O)c1ccc2nc(CN3CCC(c4cccc5c4OC(C)CO5)CC3)n(CC3CCO3)c2c1. The van der Waals surface area contributed by atoms with Gasteiger partial charge in [-0.05, 0) is 69.5 Å². The van der Waals surface area contributed by atoms with Crippen molar-refractivity contribution in [3.8, 4) is 11.5 Å². The van der Waals surface area contributed by atoms with Gasteiger partial charge in [0.2, 0.25) is 0 Å². The van der Waals surface area contributed by atoms with Crippen LogP contribution in [0.4, 0.5) is 0 Å². The number of methoxy groups -OCH3 is 1. The number of aromatic nitrogens is 2. The minimum atomic E-state index is -0.333. The molecule has 36 heavy (non-hydrogen) atoms. The number of piperidine rings is 1. The molecule has 4 heterocycles. The molecule has 0 saturated carbocycles. The number of rotatable bonds is 6. The van der Waals surface area contributed by atoms with Crippen molar-refractivity contribution < 1.29 is 23.7 Å². The molecule has 3 aromatic rings. The molecule has 8 heteroatoms. The average molecular weight is 492 g/mol. The molecule has 2 unspecified atom stereocenters. The summed E-state index contributed by atoms with van der Waals surface area (Å²) in [4.78, 5) is 19.6. The Balaban J connectivity index is 1.20. The first kappa shape index (κ1) is 23.3. The van der Waals surface area contributed by atoms with E-state index in [1.165, 1.54) is 12.7 Å². The van der Waals surface area contributed by atoms with Gasteiger partial charge in [0, 0.05) is 12.2 Å². The topological polar surface area (TPSA) is 75.0 Å². The number of nitrogens with zero attached hydrogens (tertiary/aromatic N) is 3. The van der Waals surface area contributed by atoms with Gasteiger partial charge in [-0.3, -0.25) is 4.90 Å². The lowest BCUT2D eigenvalue weighted by Gasteiger charge is -2.34. The summed E-state index contributed by atoms with van der Waals surface area (Å²) in [6.45, 7) is 6.96. The zero-order valence-electron chi connectivity index (χ0n) is 20.9. The standard InChI is InChI=1S/C28H33N3O5/c1-18-17-35-25-5-3-4-22(27(25)36-18)19-8-11-30(12-9-19)16-26-29-23-7-6-20(28(32)33-2)14-24(23)31(26)15-21-10-13-34-21/h3-7,14,18-19,21H,8-13,15-17H2,1-2H3. The highest BCUT2D eigenvalue weighted by Crippen LogP contribution is 2.42.